The van der Waals surface area contributed by atoms with E-state index >= 15 is 0 Å². The minimum atomic E-state index is -0.201. The molecule has 0 fully saturated rings. The highest BCUT2D eigenvalue weighted by Crippen LogP contribution is 2.22. The van der Waals surface area contributed by atoms with E-state index in [1.165, 1.54) is 10.9 Å². The van der Waals surface area contributed by atoms with Crippen LogP contribution in [-0.4, -0.2) is 15.5 Å². The highest BCUT2D eigenvalue weighted by Gasteiger charge is 2.12. The molecule has 1 heterocycles. The SMILES string of the molecule is CC(NC(=O)CCn1cnc2ccccc2c1=O)c1ccccc1Cl. The highest BCUT2D eigenvalue weighted by atomic mass is 35.5. The van der Waals surface area contributed by atoms with Crippen LogP contribution in [0.25, 0.3) is 10.9 Å². The van der Waals surface area contributed by atoms with Gasteiger partial charge in [0.05, 0.1) is 23.3 Å². The van der Waals surface area contributed by atoms with Crippen LogP contribution < -0.4 is 10.9 Å². The first-order chi connectivity index (χ1) is 12.1. The van der Waals surface area contributed by atoms with E-state index in [4.69, 9.17) is 11.6 Å². The number of hydrogen-bond acceptors (Lipinski definition) is 3. The summed E-state index contributed by atoms with van der Waals surface area (Å²) in [5.41, 5.74) is 1.38. The van der Waals surface area contributed by atoms with Gasteiger partial charge in [-0.3, -0.25) is 14.2 Å². The van der Waals surface area contributed by atoms with Crippen LogP contribution in [0, 0.1) is 0 Å². The molecule has 1 unspecified atom stereocenters. The summed E-state index contributed by atoms with van der Waals surface area (Å²) in [7, 11) is 0. The lowest BCUT2D eigenvalue weighted by molar-refractivity contribution is -0.121. The van der Waals surface area contributed by atoms with Gasteiger partial charge in [0, 0.05) is 18.0 Å². The van der Waals surface area contributed by atoms with Crippen LogP contribution in [0.4, 0.5) is 0 Å². The lowest BCUT2D eigenvalue weighted by Gasteiger charge is -2.16. The highest BCUT2D eigenvalue weighted by molar-refractivity contribution is 6.31. The molecule has 0 aliphatic rings. The van der Waals surface area contributed by atoms with Crippen molar-refractivity contribution in [2.45, 2.75) is 25.9 Å². The third-order valence-corrected chi connectivity index (χ3v) is 4.40. The Morgan fingerprint density at radius 1 is 1.20 bits per heavy atom. The monoisotopic (exact) mass is 355 g/mol. The molecule has 3 rings (SSSR count). The minimum absolute atomic E-state index is 0.141. The van der Waals surface area contributed by atoms with Crippen molar-refractivity contribution in [1.29, 1.82) is 0 Å². The number of aromatic nitrogens is 2. The van der Waals surface area contributed by atoms with Crippen molar-refractivity contribution in [2.24, 2.45) is 0 Å². The normalized spacial score (nSPS) is 12.1. The Morgan fingerprint density at radius 3 is 2.72 bits per heavy atom. The molecule has 3 aromatic rings. The van der Waals surface area contributed by atoms with Gasteiger partial charge in [0.2, 0.25) is 5.91 Å². The number of rotatable bonds is 5. The first-order valence-corrected chi connectivity index (χ1v) is 8.42. The van der Waals surface area contributed by atoms with Gasteiger partial charge in [0.15, 0.2) is 0 Å². The van der Waals surface area contributed by atoms with Gasteiger partial charge in [-0.15, -0.1) is 0 Å². The minimum Gasteiger partial charge on any atom is -0.349 e. The fourth-order valence-corrected chi connectivity index (χ4v) is 3.00. The molecule has 0 saturated heterocycles. The van der Waals surface area contributed by atoms with Crippen LogP contribution in [0.3, 0.4) is 0 Å². The average Bonchev–Trinajstić information content (AvgIpc) is 2.61. The van der Waals surface area contributed by atoms with Crippen molar-refractivity contribution in [1.82, 2.24) is 14.9 Å². The van der Waals surface area contributed by atoms with Gasteiger partial charge in [-0.2, -0.15) is 0 Å². The third-order valence-electron chi connectivity index (χ3n) is 4.06. The second-order valence-electron chi connectivity index (χ2n) is 5.82. The van der Waals surface area contributed by atoms with Gasteiger partial charge >= 0.3 is 0 Å². The Kier molecular flexibility index (Phi) is 5.14. The summed E-state index contributed by atoms with van der Waals surface area (Å²) in [4.78, 5) is 28.9. The smallest absolute Gasteiger partial charge is 0.261 e. The fourth-order valence-electron chi connectivity index (χ4n) is 2.71. The number of benzene rings is 2. The molecule has 1 aromatic heterocycles. The molecule has 128 valence electrons. The molecular weight excluding hydrogens is 338 g/mol. The van der Waals surface area contributed by atoms with Crippen LogP contribution in [0.5, 0.6) is 0 Å². The zero-order chi connectivity index (χ0) is 17.8. The zero-order valence-corrected chi connectivity index (χ0v) is 14.5. The van der Waals surface area contributed by atoms with Crippen molar-refractivity contribution in [3.63, 3.8) is 0 Å². The second kappa shape index (κ2) is 7.49. The molecule has 1 N–H and O–H groups in total. The zero-order valence-electron chi connectivity index (χ0n) is 13.8. The van der Waals surface area contributed by atoms with Crippen LogP contribution in [0.1, 0.15) is 24.9 Å². The van der Waals surface area contributed by atoms with Gasteiger partial charge in [-0.1, -0.05) is 41.9 Å². The van der Waals surface area contributed by atoms with Gasteiger partial charge in [0.25, 0.3) is 5.56 Å². The molecule has 25 heavy (non-hydrogen) atoms. The summed E-state index contributed by atoms with van der Waals surface area (Å²) in [6.07, 6.45) is 1.67. The van der Waals surface area contributed by atoms with Gasteiger partial charge in [-0.25, -0.2) is 4.98 Å². The number of amides is 1. The van der Waals surface area contributed by atoms with E-state index in [1.54, 1.807) is 24.3 Å². The Labute approximate surface area is 150 Å². The van der Waals surface area contributed by atoms with Crippen molar-refractivity contribution in [2.75, 3.05) is 0 Å². The summed E-state index contributed by atoms with van der Waals surface area (Å²) >= 11 is 6.15. The summed E-state index contributed by atoms with van der Waals surface area (Å²) < 4.78 is 1.46. The maximum absolute atomic E-state index is 12.4. The molecule has 0 aliphatic carbocycles. The van der Waals surface area contributed by atoms with E-state index < -0.39 is 0 Å². The third kappa shape index (κ3) is 3.88. The Bertz CT molecular complexity index is 968. The molecule has 2 aromatic carbocycles. The second-order valence-corrected chi connectivity index (χ2v) is 6.23. The maximum atomic E-state index is 12.4. The molecule has 6 heteroatoms. The predicted octanol–water partition coefficient (Wildman–Crippen LogP) is 3.32. The quantitative estimate of drug-likeness (QED) is 0.763. The largest absolute Gasteiger partial charge is 0.349 e. The summed E-state index contributed by atoms with van der Waals surface area (Å²) in [6.45, 7) is 2.15. The summed E-state index contributed by atoms with van der Waals surface area (Å²) in [5, 5.41) is 4.07. The number of carbonyl (C=O) groups excluding carboxylic acids is 1. The molecule has 0 radical (unpaired) electrons. The molecular formula is C19H18ClN3O2. The van der Waals surface area contributed by atoms with Crippen molar-refractivity contribution < 1.29 is 4.79 Å². The Morgan fingerprint density at radius 2 is 1.92 bits per heavy atom. The lowest BCUT2D eigenvalue weighted by Crippen LogP contribution is -2.29. The summed E-state index contributed by atoms with van der Waals surface area (Å²) in [5.74, 6) is -0.146. The Balaban J connectivity index is 1.66. The molecule has 0 bridgehead atoms. The molecule has 0 spiro atoms. The number of hydrogen-bond donors (Lipinski definition) is 1. The van der Waals surface area contributed by atoms with E-state index in [0.29, 0.717) is 15.9 Å². The van der Waals surface area contributed by atoms with Gasteiger partial charge in [0.1, 0.15) is 0 Å². The topological polar surface area (TPSA) is 64.0 Å². The molecule has 0 aliphatic heterocycles. The van der Waals surface area contributed by atoms with Crippen LogP contribution in [-0.2, 0) is 11.3 Å². The maximum Gasteiger partial charge on any atom is 0.261 e. The molecule has 1 atom stereocenters. The van der Waals surface area contributed by atoms with Crippen LogP contribution >= 0.6 is 11.6 Å². The van der Waals surface area contributed by atoms with Crippen molar-refractivity contribution >= 4 is 28.4 Å². The number of aryl methyl sites for hydroxylation is 1. The number of para-hydroxylation sites is 1. The van der Waals surface area contributed by atoms with Gasteiger partial charge in [-0.05, 0) is 30.7 Å². The number of carbonyl (C=O) groups is 1. The Hall–Kier alpha value is -2.66. The van der Waals surface area contributed by atoms with E-state index in [1.807, 2.05) is 31.2 Å². The van der Waals surface area contributed by atoms with Crippen molar-refractivity contribution in [3.05, 3.63) is 75.8 Å². The van der Waals surface area contributed by atoms with Gasteiger partial charge < -0.3 is 5.32 Å². The molecule has 1 amide bonds. The number of halogens is 1. The first-order valence-electron chi connectivity index (χ1n) is 8.04. The standard InChI is InChI=1S/C19H18ClN3O2/c1-13(14-6-2-4-8-16(14)20)22-18(24)10-11-23-12-21-17-9-5-3-7-15(17)19(23)25/h2-9,12-13H,10-11H2,1H3,(H,22,24). The lowest BCUT2D eigenvalue weighted by atomic mass is 10.1. The van der Waals surface area contributed by atoms with E-state index in [-0.39, 0.29) is 30.5 Å². The average molecular weight is 356 g/mol. The molecule has 0 saturated carbocycles. The summed E-state index contributed by atoms with van der Waals surface area (Å²) in [6, 6.07) is 14.4. The number of fused-ring (bicyclic) bond motifs is 1. The number of nitrogens with one attached hydrogen (secondary N) is 1. The molecule has 5 nitrogen and oxygen atoms in total. The van der Waals surface area contributed by atoms with Crippen LogP contribution in [0.15, 0.2) is 59.7 Å². The predicted molar refractivity (Wildman–Crippen MR) is 98.6 cm³/mol. The van der Waals surface area contributed by atoms with Crippen molar-refractivity contribution in [3.8, 4) is 0 Å². The fraction of sp³-hybridized carbons (Fsp3) is 0.211. The van der Waals surface area contributed by atoms with Crippen LogP contribution in [0.2, 0.25) is 5.02 Å². The van der Waals surface area contributed by atoms with E-state index in [0.717, 1.165) is 5.56 Å². The first kappa shape index (κ1) is 17.2. The van der Waals surface area contributed by atoms with E-state index in [2.05, 4.69) is 10.3 Å². The van der Waals surface area contributed by atoms with E-state index in [9.17, 15) is 9.59 Å². The number of nitrogens with zero attached hydrogens (tertiary/aromatic N) is 2.